The molecule has 1 aliphatic carbocycles. The topological polar surface area (TPSA) is 96.0 Å². The van der Waals surface area contributed by atoms with Crippen LogP contribution < -0.4 is 5.32 Å². The summed E-state index contributed by atoms with van der Waals surface area (Å²) in [5, 5.41) is 16.9. The van der Waals surface area contributed by atoms with Crippen molar-refractivity contribution < 1.29 is 13.6 Å². The van der Waals surface area contributed by atoms with E-state index in [9.17, 15) is 18.8 Å². The van der Waals surface area contributed by atoms with Gasteiger partial charge in [-0.1, -0.05) is 27.2 Å². The van der Waals surface area contributed by atoms with Gasteiger partial charge in [0, 0.05) is 10.6 Å². The molecule has 1 amide bonds. The third kappa shape index (κ3) is 3.86. The van der Waals surface area contributed by atoms with Gasteiger partial charge >= 0.3 is 0 Å². The van der Waals surface area contributed by atoms with Crippen LogP contribution in [-0.2, 0) is 12.8 Å². The lowest BCUT2D eigenvalue weighted by molar-refractivity contribution is 0.101. The lowest BCUT2D eigenvalue weighted by atomic mass is 9.69. The number of aromatic nitrogens is 4. The molecule has 1 atom stereocenters. The lowest BCUT2D eigenvalue weighted by Gasteiger charge is -2.36. The number of rotatable bonds is 5. The molecule has 0 fully saturated rings. The van der Waals surface area contributed by atoms with Crippen LogP contribution in [0.15, 0.2) is 6.07 Å². The minimum Gasteiger partial charge on any atom is -0.310 e. The highest BCUT2D eigenvalue weighted by Crippen LogP contribution is 2.45. The Bertz CT molecular complexity index is 1240. The summed E-state index contributed by atoms with van der Waals surface area (Å²) in [5.74, 6) is -0.490. The van der Waals surface area contributed by atoms with Crippen molar-refractivity contribution in [2.45, 2.75) is 59.8 Å². The monoisotopic (exact) mass is 458 g/mol. The van der Waals surface area contributed by atoms with E-state index in [1.165, 1.54) is 17.4 Å². The second kappa shape index (κ2) is 8.20. The maximum absolute atomic E-state index is 13.4. The summed E-state index contributed by atoms with van der Waals surface area (Å²) in [7, 11) is 0. The summed E-state index contributed by atoms with van der Waals surface area (Å²) in [6, 6.07) is 3.44. The van der Waals surface area contributed by atoms with E-state index in [0.717, 1.165) is 40.6 Å². The number of alkyl halides is 2. The quantitative estimate of drug-likeness (QED) is 0.574. The molecular formula is C22H24F2N6OS. The number of carbonyl (C=O) groups excluding carboxylic acids is 1. The maximum atomic E-state index is 13.4. The molecule has 0 aliphatic heterocycles. The number of aryl methyl sites for hydroxylation is 1. The molecule has 3 aromatic rings. The van der Waals surface area contributed by atoms with Crippen LogP contribution in [0, 0.1) is 29.6 Å². The van der Waals surface area contributed by atoms with Gasteiger partial charge < -0.3 is 5.32 Å². The predicted octanol–water partition coefficient (Wildman–Crippen LogP) is 5.10. The Balaban J connectivity index is 1.64. The van der Waals surface area contributed by atoms with E-state index >= 15 is 0 Å². The number of hydrogen-bond donors (Lipinski definition) is 1. The van der Waals surface area contributed by atoms with E-state index in [-0.39, 0.29) is 22.7 Å². The molecule has 7 nitrogen and oxygen atoms in total. The molecule has 0 radical (unpaired) electrons. The molecule has 32 heavy (non-hydrogen) atoms. The molecular weight excluding hydrogens is 434 g/mol. The van der Waals surface area contributed by atoms with E-state index in [1.54, 1.807) is 6.92 Å². The number of carbonyl (C=O) groups is 1. The highest BCUT2D eigenvalue weighted by Gasteiger charge is 2.34. The van der Waals surface area contributed by atoms with Gasteiger partial charge in [0.15, 0.2) is 0 Å². The molecule has 0 unspecified atom stereocenters. The van der Waals surface area contributed by atoms with Crippen LogP contribution in [0.1, 0.15) is 78.0 Å². The average Bonchev–Trinajstić information content (AvgIpc) is 3.32. The minimum absolute atomic E-state index is 0.0685. The zero-order valence-electron chi connectivity index (χ0n) is 18.4. The van der Waals surface area contributed by atoms with Crippen LogP contribution in [0.4, 0.5) is 13.8 Å². The number of nitrogens with zero attached hydrogens (tertiary/aromatic N) is 5. The normalized spacial score (nSPS) is 16.2. The van der Waals surface area contributed by atoms with E-state index in [1.807, 2.05) is 0 Å². The van der Waals surface area contributed by atoms with Crippen molar-refractivity contribution in [1.82, 2.24) is 19.6 Å². The van der Waals surface area contributed by atoms with E-state index in [0.29, 0.717) is 22.2 Å². The maximum Gasteiger partial charge on any atom is 0.296 e. The number of nitrogens with one attached hydrogen (secondary N) is 1. The highest BCUT2D eigenvalue weighted by molar-refractivity contribution is 7.16. The largest absolute Gasteiger partial charge is 0.310 e. The van der Waals surface area contributed by atoms with Crippen LogP contribution >= 0.6 is 11.3 Å². The van der Waals surface area contributed by atoms with E-state index in [2.05, 4.69) is 47.2 Å². The summed E-state index contributed by atoms with van der Waals surface area (Å²) in [6.07, 6.45) is 0.958. The lowest BCUT2D eigenvalue weighted by Crippen LogP contribution is -2.28. The van der Waals surface area contributed by atoms with Crippen LogP contribution in [0.5, 0.6) is 0 Å². The number of hydrogen-bond acceptors (Lipinski definition) is 6. The fraction of sp³-hybridized carbons (Fsp3) is 0.500. The second-order valence-electron chi connectivity index (χ2n) is 8.83. The SMILES string of the molecule is CCC(C)(C)[C@H]1CCc2c(sc(NC(=O)c3nc4nc(C)cc(C(F)F)n4n3)c2C#N)C1. The molecule has 10 heteroatoms. The zero-order valence-corrected chi connectivity index (χ0v) is 19.2. The van der Waals surface area contributed by atoms with Crippen LogP contribution in [0.3, 0.4) is 0 Å². The van der Waals surface area contributed by atoms with E-state index in [4.69, 9.17) is 0 Å². The Hall–Kier alpha value is -2.93. The van der Waals surface area contributed by atoms with Gasteiger partial charge in [0.25, 0.3) is 18.1 Å². The molecule has 4 rings (SSSR count). The summed E-state index contributed by atoms with van der Waals surface area (Å²) in [5.41, 5.74) is 1.64. The molecule has 1 N–H and O–H groups in total. The summed E-state index contributed by atoms with van der Waals surface area (Å²) >= 11 is 1.40. The fourth-order valence-corrected chi connectivity index (χ4v) is 5.45. The molecule has 0 aromatic carbocycles. The molecule has 168 valence electrons. The Morgan fingerprint density at radius 1 is 1.44 bits per heavy atom. The predicted molar refractivity (Wildman–Crippen MR) is 117 cm³/mol. The molecule has 3 heterocycles. The van der Waals surface area contributed by atoms with Crippen molar-refractivity contribution in [1.29, 1.82) is 5.26 Å². The highest BCUT2D eigenvalue weighted by atomic mass is 32.1. The molecule has 0 bridgehead atoms. The van der Waals surface area contributed by atoms with Crippen LogP contribution in [0.25, 0.3) is 5.78 Å². The third-order valence-corrected chi connectivity index (χ3v) is 7.68. The van der Waals surface area contributed by atoms with Gasteiger partial charge in [0.1, 0.15) is 16.8 Å². The first-order valence-electron chi connectivity index (χ1n) is 10.5. The number of halogens is 2. The third-order valence-electron chi connectivity index (χ3n) is 6.51. The average molecular weight is 459 g/mol. The standard InChI is InChI=1S/C22H24F2N6OS/c1-5-22(3,4)12-6-7-13-14(10-25)20(32-16(13)9-12)28-19(31)18-27-21-26-11(2)8-15(17(23)24)30(21)29-18/h8,12,17H,5-7,9H2,1-4H3,(H,28,31)/t12-/m0/s1. The Morgan fingerprint density at radius 2 is 2.19 bits per heavy atom. The second-order valence-corrected chi connectivity index (χ2v) is 9.93. The van der Waals surface area contributed by atoms with Gasteiger partial charge in [0.2, 0.25) is 5.82 Å². The van der Waals surface area contributed by atoms with Gasteiger partial charge in [-0.2, -0.15) is 14.8 Å². The summed E-state index contributed by atoms with van der Waals surface area (Å²) in [6.45, 7) is 8.29. The molecule has 0 spiro atoms. The molecule has 0 saturated heterocycles. The fourth-order valence-electron chi connectivity index (χ4n) is 4.17. The van der Waals surface area contributed by atoms with Crippen molar-refractivity contribution in [2.24, 2.45) is 11.3 Å². The van der Waals surface area contributed by atoms with Gasteiger partial charge in [-0.05, 0) is 49.1 Å². The van der Waals surface area contributed by atoms with Crippen LogP contribution in [-0.4, -0.2) is 25.5 Å². The van der Waals surface area contributed by atoms with Crippen molar-refractivity contribution in [3.8, 4) is 6.07 Å². The zero-order chi connectivity index (χ0) is 23.2. The summed E-state index contributed by atoms with van der Waals surface area (Å²) < 4.78 is 27.6. The van der Waals surface area contributed by atoms with Gasteiger partial charge in [-0.15, -0.1) is 16.4 Å². The smallest absolute Gasteiger partial charge is 0.296 e. The van der Waals surface area contributed by atoms with Crippen molar-refractivity contribution >= 4 is 28.0 Å². The number of fused-ring (bicyclic) bond motifs is 2. The Labute approximate surface area is 188 Å². The minimum atomic E-state index is -2.79. The van der Waals surface area contributed by atoms with E-state index < -0.39 is 12.3 Å². The van der Waals surface area contributed by atoms with Crippen molar-refractivity contribution in [2.75, 3.05) is 5.32 Å². The first kappa shape index (κ1) is 22.3. The number of amides is 1. The number of thiophene rings is 1. The van der Waals surface area contributed by atoms with Crippen molar-refractivity contribution in [3.05, 3.63) is 39.3 Å². The van der Waals surface area contributed by atoms with Crippen molar-refractivity contribution in [3.63, 3.8) is 0 Å². The molecule has 0 saturated carbocycles. The van der Waals surface area contributed by atoms with Gasteiger partial charge in [-0.25, -0.2) is 13.8 Å². The molecule has 3 aromatic heterocycles. The summed E-state index contributed by atoms with van der Waals surface area (Å²) in [4.78, 5) is 22.1. The Morgan fingerprint density at radius 3 is 2.84 bits per heavy atom. The van der Waals surface area contributed by atoms with Gasteiger partial charge in [0.05, 0.1) is 5.56 Å². The number of nitriles is 1. The van der Waals surface area contributed by atoms with Crippen LogP contribution in [0.2, 0.25) is 0 Å². The number of anilines is 1. The first-order chi connectivity index (χ1) is 15.1. The Kier molecular flexibility index (Phi) is 5.71. The molecule has 1 aliphatic rings. The first-order valence-corrected chi connectivity index (χ1v) is 11.3. The van der Waals surface area contributed by atoms with Gasteiger partial charge in [-0.3, -0.25) is 4.79 Å².